The van der Waals surface area contributed by atoms with Gasteiger partial charge in [0.15, 0.2) is 6.54 Å². The van der Waals surface area contributed by atoms with E-state index in [0.717, 1.165) is 48.3 Å². The number of nitrogens with one attached hydrogen (secondary N) is 3. The zero-order valence-corrected chi connectivity index (χ0v) is 16.0. The van der Waals surface area contributed by atoms with Gasteiger partial charge in [0.25, 0.3) is 5.91 Å². The van der Waals surface area contributed by atoms with Gasteiger partial charge in [-0.1, -0.05) is 18.2 Å². The molecule has 0 spiro atoms. The van der Waals surface area contributed by atoms with Crippen LogP contribution in [0.5, 0.6) is 0 Å². The Morgan fingerprint density at radius 1 is 1.22 bits per heavy atom. The number of methoxy groups -OCH3 is 1. The van der Waals surface area contributed by atoms with Gasteiger partial charge in [-0.3, -0.25) is 4.79 Å². The van der Waals surface area contributed by atoms with Crippen LogP contribution in [-0.4, -0.2) is 74.7 Å². The van der Waals surface area contributed by atoms with Crippen LogP contribution in [0.3, 0.4) is 0 Å². The van der Waals surface area contributed by atoms with E-state index in [4.69, 9.17) is 4.74 Å². The van der Waals surface area contributed by atoms with Crippen LogP contribution in [0.25, 0.3) is 10.9 Å². The average Bonchev–Trinajstić information content (AvgIpc) is 3.05. The predicted molar refractivity (Wildman–Crippen MR) is 101 cm³/mol. The Labute approximate surface area is 158 Å². The number of likely N-dealkylation sites (N-methyl/N-ethyl adjacent to an activating group) is 1. The monoisotopic (exact) mass is 372 g/mol. The summed E-state index contributed by atoms with van der Waals surface area (Å²) in [4.78, 5) is 33.5. The molecule has 3 N–H and O–H groups in total. The summed E-state index contributed by atoms with van der Waals surface area (Å²) in [5.41, 5.74) is 3.20. The van der Waals surface area contributed by atoms with Gasteiger partial charge in [0, 0.05) is 23.0 Å². The molecule has 7 heteroatoms. The number of H-pyrrole nitrogens is 1. The topological polar surface area (TPSA) is 71.3 Å². The summed E-state index contributed by atoms with van der Waals surface area (Å²) in [7, 11) is 3.58. The van der Waals surface area contributed by atoms with Gasteiger partial charge in [-0.05, 0) is 11.6 Å². The van der Waals surface area contributed by atoms with Crippen molar-refractivity contribution >= 4 is 22.8 Å². The number of nitrogens with zero attached hydrogens (tertiary/aromatic N) is 1. The second-order valence-electron chi connectivity index (χ2n) is 7.78. The van der Waals surface area contributed by atoms with E-state index in [9.17, 15) is 9.59 Å². The fraction of sp³-hybridized carbons (Fsp3) is 0.500. The van der Waals surface area contributed by atoms with E-state index in [1.165, 1.54) is 16.9 Å². The predicted octanol–water partition coefficient (Wildman–Crippen LogP) is -1.99. The number of benzene rings is 1. The molecule has 0 aliphatic carbocycles. The van der Waals surface area contributed by atoms with Crippen molar-refractivity contribution in [3.63, 3.8) is 0 Å². The lowest BCUT2D eigenvalue weighted by Gasteiger charge is -2.35. The number of quaternary nitrogens is 2. The number of hydrogen-bond donors (Lipinski definition) is 3. The summed E-state index contributed by atoms with van der Waals surface area (Å²) >= 11 is 0. The maximum atomic E-state index is 13.1. The van der Waals surface area contributed by atoms with Crippen molar-refractivity contribution in [3.8, 4) is 0 Å². The zero-order valence-electron chi connectivity index (χ0n) is 16.0. The van der Waals surface area contributed by atoms with E-state index in [1.807, 2.05) is 18.2 Å². The molecule has 2 aliphatic rings. The highest BCUT2D eigenvalue weighted by Gasteiger charge is 2.38. The van der Waals surface area contributed by atoms with Crippen molar-refractivity contribution in [1.82, 2.24) is 9.88 Å². The normalized spacial score (nSPS) is 25.3. The molecular formula is C20H28N4O3+2. The molecule has 2 aromatic rings. The van der Waals surface area contributed by atoms with E-state index >= 15 is 0 Å². The van der Waals surface area contributed by atoms with E-state index in [1.54, 1.807) is 4.90 Å². The number of piperazine rings is 1. The van der Waals surface area contributed by atoms with Crippen LogP contribution in [0.1, 0.15) is 11.3 Å². The molecule has 0 saturated carbocycles. The largest absolute Gasteiger partial charge is 0.467 e. The maximum absolute atomic E-state index is 13.1. The molecule has 3 heterocycles. The third-order valence-electron chi connectivity index (χ3n) is 6.01. The molecule has 4 rings (SSSR count). The standard InChI is InChI=1S/C20H26N4O3/c1-22-7-9-23(10-8-22)13-19(25)24-12-17-15(11-18(24)20(26)27-2)14-5-3-4-6-16(14)21-17/h3-6,18,21H,7-13H2,1-2H3/p+2/t18-/m0/s1. The fourth-order valence-corrected chi connectivity index (χ4v) is 4.34. The Kier molecular flexibility index (Phi) is 4.88. The number of carbonyl (C=O) groups excluding carboxylic acids is 2. The Hall–Kier alpha value is -2.38. The van der Waals surface area contributed by atoms with Gasteiger partial charge in [0.2, 0.25) is 0 Å². The summed E-state index contributed by atoms with van der Waals surface area (Å²) in [6.07, 6.45) is 0.500. The molecular weight excluding hydrogens is 344 g/mol. The molecule has 1 amide bonds. The number of para-hydroxylation sites is 1. The molecule has 1 fully saturated rings. The first-order valence-electron chi connectivity index (χ1n) is 9.67. The average molecular weight is 372 g/mol. The van der Waals surface area contributed by atoms with Crippen LogP contribution in [-0.2, 0) is 27.3 Å². The number of aromatic nitrogens is 1. The van der Waals surface area contributed by atoms with Crippen molar-refractivity contribution in [2.45, 2.75) is 19.0 Å². The van der Waals surface area contributed by atoms with Crippen molar-refractivity contribution in [1.29, 1.82) is 0 Å². The lowest BCUT2D eigenvalue weighted by Crippen LogP contribution is -3.27. The molecule has 2 aliphatic heterocycles. The highest BCUT2D eigenvalue weighted by atomic mass is 16.5. The van der Waals surface area contributed by atoms with Gasteiger partial charge in [-0.2, -0.15) is 0 Å². The molecule has 0 radical (unpaired) electrons. The zero-order chi connectivity index (χ0) is 19.0. The van der Waals surface area contributed by atoms with Crippen LogP contribution in [0.4, 0.5) is 0 Å². The lowest BCUT2D eigenvalue weighted by molar-refractivity contribution is -1.000. The van der Waals surface area contributed by atoms with Crippen LogP contribution < -0.4 is 9.80 Å². The number of aromatic amines is 1. The summed E-state index contributed by atoms with van der Waals surface area (Å²) in [6, 6.07) is 7.53. The second-order valence-corrected chi connectivity index (χ2v) is 7.78. The Morgan fingerprint density at radius 2 is 1.96 bits per heavy atom. The first-order chi connectivity index (χ1) is 13.1. The Morgan fingerprint density at radius 3 is 2.70 bits per heavy atom. The second kappa shape index (κ2) is 7.32. The number of esters is 1. The lowest BCUT2D eigenvalue weighted by atomic mass is 9.96. The number of hydrogen-bond acceptors (Lipinski definition) is 3. The van der Waals surface area contributed by atoms with Crippen molar-refractivity contribution in [3.05, 3.63) is 35.5 Å². The number of fused-ring (bicyclic) bond motifs is 3. The molecule has 1 aromatic carbocycles. The number of rotatable bonds is 3. The molecule has 7 nitrogen and oxygen atoms in total. The van der Waals surface area contributed by atoms with Crippen LogP contribution in [0.2, 0.25) is 0 Å². The molecule has 0 unspecified atom stereocenters. The van der Waals surface area contributed by atoms with E-state index < -0.39 is 6.04 Å². The summed E-state index contributed by atoms with van der Waals surface area (Å²) in [6.45, 7) is 5.01. The van der Waals surface area contributed by atoms with Crippen molar-refractivity contribution in [2.75, 3.05) is 46.9 Å². The number of ether oxygens (including phenoxy) is 1. The smallest absolute Gasteiger partial charge is 0.328 e. The van der Waals surface area contributed by atoms with E-state index in [0.29, 0.717) is 19.5 Å². The number of amides is 1. The fourth-order valence-electron chi connectivity index (χ4n) is 4.34. The van der Waals surface area contributed by atoms with Gasteiger partial charge in [-0.25, -0.2) is 4.79 Å². The van der Waals surface area contributed by atoms with E-state index in [-0.39, 0.29) is 11.9 Å². The molecule has 0 bridgehead atoms. The van der Waals surface area contributed by atoms with Gasteiger partial charge in [0.05, 0.1) is 20.7 Å². The van der Waals surface area contributed by atoms with Crippen LogP contribution >= 0.6 is 0 Å². The molecule has 144 valence electrons. The molecule has 1 aromatic heterocycles. The SMILES string of the molecule is COC(=O)[C@@H]1Cc2c([nH]c3ccccc23)CN1C(=O)C[NH+]1CC[NH+](C)CC1. The maximum Gasteiger partial charge on any atom is 0.328 e. The summed E-state index contributed by atoms with van der Waals surface area (Å²) in [5, 5.41) is 1.13. The van der Waals surface area contributed by atoms with Crippen LogP contribution in [0, 0.1) is 0 Å². The summed E-state index contributed by atoms with van der Waals surface area (Å²) in [5.74, 6) is -0.304. The minimum Gasteiger partial charge on any atom is -0.467 e. The number of carbonyl (C=O) groups is 2. The van der Waals surface area contributed by atoms with Gasteiger partial charge >= 0.3 is 5.97 Å². The molecule has 1 atom stereocenters. The van der Waals surface area contributed by atoms with Gasteiger partial charge in [-0.15, -0.1) is 0 Å². The molecule has 1 saturated heterocycles. The minimum absolute atomic E-state index is 0.0317. The third-order valence-corrected chi connectivity index (χ3v) is 6.01. The molecule has 27 heavy (non-hydrogen) atoms. The van der Waals surface area contributed by atoms with Crippen LogP contribution in [0.15, 0.2) is 24.3 Å². The summed E-state index contributed by atoms with van der Waals surface area (Å²) < 4.78 is 5.02. The third kappa shape index (κ3) is 3.44. The van der Waals surface area contributed by atoms with Crippen molar-refractivity contribution in [2.24, 2.45) is 0 Å². The van der Waals surface area contributed by atoms with Gasteiger partial charge < -0.3 is 24.4 Å². The first-order valence-corrected chi connectivity index (χ1v) is 9.67. The highest BCUT2D eigenvalue weighted by Crippen LogP contribution is 2.30. The van der Waals surface area contributed by atoms with Crippen molar-refractivity contribution < 1.29 is 24.1 Å². The minimum atomic E-state index is -0.549. The van der Waals surface area contributed by atoms with Gasteiger partial charge in [0.1, 0.15) is 32.2 Å². The Bertz CT molecular complexity index is 854. The highest BCUT2D eigenvalue weighted by molar-refractivity contribution is 5.90. The Balaban J connectivity index is 1.58. The first kappa shape index (κ1) is 18.0. The van der Waals surface area contributed by atoms with E-state index in [2.05, 4.69) is 18.1 Å². The quantitative estimate of drug-likeness (QED) is 0.547.